The lowest BCUT2D eigenvalue weighted by Crippen LogP contribution is -2.43. The molecule has 198 valence electrons. The molecule has 1 saturated heterocycles. The number of carbonyl (C=O) groups is 1. The second-order valence-electron chi connectivity index (χ2n) is 8.25. The minimum Gasteiger partial charge on any atom is -0.493 e. The second-order valence-corrected chi connectivity index (χ2v) is 10.7. The van der Waals surface area contributed by atoms with Crippen LogP contribution in [0.2, 0.25) is 10.0 Å². The van der Waals surface area contributed by atoms with Crippen molar-refractivity contribution < 1.29 is 31.3 Å². The minimum atomic E-state index is -3.70. The Balaban J connectivity index is 1.52. The van der Waals surface area contributed by atoms with Gasteiger partial charge in [-0.3, -0.25) is 8.98 Å². The van der Waals surface area contributed by atoms with Crippen molar-refractivity contribution in [2.24, 2.45) is 0 Å². The Bertz CT molecular complexity index is 1430. The van der Waals surface area contributed by atoms with Crippen LogP contribution in [-0.4, -0.2) is 68.4 Å². The van der Waals surface area contributed by atoms with Gasteiger partial charge in [-0.1, -0.05) is 23.2 Å². The maximum Gasteiger partial charge on any atom is 0.264 e. The number of rotatable bonds is 8. The lowest BCUT2D eigenvalue weighted by atomic mass is 10.1. The molecule has 0 bridgehead atoms. The molecule has 0 unspecified atom stereocenters. The molecule has 1 aliphatic rings. The summed E-state index contributed by atoms with van der Waals surface area (Å²) in [4.78, 5) is 22.3. The largest absolute Gasteiger partial charge is 0.493 e. The summed E-state index contributed by atoms with van der Waals surface area (Å²) in [6.07, 6.45) is 3.01. The first kappa shape index (κ1) is 27.1. The molecule has 3 aromatic rings. The zero-order valence-corrected chi connectivity index (χ0v) is 22.2. The first-order valence-corrected chi connectivity index (χ1v) is 13.6. The number of benzene rings is 2. The van der Waals surface area contributed by atoms with Crippen molar-refractivity contribution in [1.82, 2.24) is 14.9 Å². The molecule has 0 atom stereocenters. The first-order valence-electron chi connectivity index (χ1n) is 11.1. The summed E-state index contributed by atoms with van der Waals surface area (Å²) >= 11 is 11.8. The molecule has 0 radical (unpaired) electrons. The van der Waals surface area contributed by atoms with Crippen molar-refractivity contribution in [2.45, 2.75) is 18.9 Å². The van der Waals surface area contributed by atoms with E-state index in [1.165, 1.54) is 30.5 Å². The third kappa shape index (κ3) is 6.50. The smallest absolute Gasteiger partial charge is 0.264 e. The van der Waals surface area contributed by atoms with Crippen molar-refractivity contribution in [2.75, 3.05) is 38.4 Å². The first-order chi connectivity index (χ1) is 17.6. The van der Waals surface area contributed by atoms with Gasteiger partial charge in [-0.05, 0) is 18.2 Å². The van der Waals surface area contributed by atoms with Crippen LogP contribution in [0.5, 0.6) is 11.5 Å². The van der Waals surface area contributed by atoms with Gasteiger partial charge >= 0.3 is 0 Å². The number of likely N-dealkylation sites (tertiary alicyclic amines) is 1. The molecule has 0 spiro atoms. The van der Waals surface area contributed by atoms with Crippen molar-refractivity contribution in [3.05, 3.63) is 46.5 Å². The normalized spacial score (nSPS) is 14.6. The van der Waals surface area contributed by atoms with Gasteiger partial charge in [0.2, 0.25) is 5.91 Å². The number of nitrogens with one attached hydrogen (secondary N) is 1. The van der Waals surface area contributed by atoms with Crippen molar-refractivity contribution in [1.29, 1.82) is 0 Å². The van der Waals surface area contributed by atoms with Crippen LogP contribution in [0.3, 0.4) is 0 Å². The average Bonchev–Trinajstić information content (AvgIpc) is 2.87. The topological polar surface area (TPSA) is 120 Å². The molecule has 2 heterocycles. The molecule has 1 fully saturated rings. The molecule has 4 rings (SSSR count). The fourth-order valence-electron chi connectivity index (χ4n) is 3.82. The molecule has 10 nitrogen and oxygen atoms in total. The predicted molar refractivity (Wildman–Crippen MR) is 137 cm³/mol. The van der Waals surface area contributed by atoms with Crippen LogP contribution in [0.1, 0.15) is 12.8 Å². The van der Waals surface area contributed by atoms with Gasteiger partial charge < -0.3 is 19.7 Å². The van der Waals surface area contributed by atoms with Gasteiger partial charge in [0, 0.05) is 37.4 Å². The van der Waals surface area contributed by atoms with E-state index in [2.05, 4.69) is 19.5 Å². The predicted octanol–water partition coefficient (Wildman–Crippen LogP) is 4.17. The van der Waals surface area contributed by atoms with Crippen LogP contribution in [0.4, 0.5) is 15.9 Å². The van der Waals surface area contributed by atoms with Crippen LogP contribution in [0.15, 0.2) is 30.6 Å². The minimum absolute atomic E-state index is 0.0876. The summed E-state index contributed by atoms with van der Waals surface area (Å²) < 4.78 is 53.2. The van der Waals surface area contributed by atoms with E-state index in [0.29, 0.717) is 54.2 Å². The summed E-state index contributed by atoms with van der Waals surface area (Å²) in [5.74, 6) is 0.0652. The highest BCUT2D eigenvalue weighted by atomic mass is 35.5. The Hall–Kier alpha value is -2.93. The molecular formula is C23H23Cl2FN4O6S. The maximum absolute atomic E-state index is 14.6. The summed E-state index contributed by atoms with van der Waals surface area (Å²) in [6.45, 7) is 0.218. The van der Waals surface area contributed by atoms with Gasteiger partial charge in [0.1, 0.15) is 24.9 Å². The maximum atomic E-state index is 14.6. The lowest BCUT2D eigenvalue weighted by Gasteiger charge is -2.32. The number of halogens is 3. The van der Waals surface area contributed by atoms with Crippen molar-refractivity contribution in [3.8, 4) is 11.5 Å². The Morgan fingerprint density at radius 1 is 1.19 bits per heavy atom. The van der Waals surface area contributed by atoms with Crippen LogP contribution in [0, 0.1) is 5.82 Å². The van der Waals surface area contributed by atoms with Crippen molar-refractivity contribution >= 4 is 61.6 Å². The molecule has 0 saturated carbocycles. The van der Waals surface area contributed by atoms with Crippen LogP contribution in [0.25, 0.3) is 10.9 Å². The van der Waals surface area contributed by atoms with Gasteiger partial charge in [0.25, 0.3) is 10.1 Å². The Morgan fingerprint density at radius 3 is 2.59 bits per heavy atom. The van der Waals surface area contributed by atoms with E-state index in [4.69, 9.17) is 32.7 Å². The van der Waals surface area contributed by atoms with Gasteiger partial charge in [-0.15, -0.1) is 0 Å². The Kier molecular flexibility index (Phi) is 8.22. The van der Waals surface area contributed by atoms with Crippen LogP contribution in [-0.2, 0) is 19.1 Å². The number of piperidine rings is 1. The van der Waals surface area contributed by atoms with Crippen LogP contribution < -0.4 is 14.8 Å². The molecular weight excluding hydrogens is 550 g/mol. The quantitative estimate of drug-likeness (QED) is 0.313. The van der Waals surface area contributed by atoms with E-state index in [1.807, 2.05) is 0 Å². The fourth-order valence-corrected chi connectivity index (χ4v) is 4.44. The summed E-state index contributed by atoms with van der Waals surface area (Å²) in [5.41, 5.74) is 0.623. The molecule has 1 aliphatic heterocycles. The Labute approximate surface area is 222 Å². The third-order valence-corrected chi connectivity index (χ3v) is 7.02. The zero-order chi connectivity index (χ0) is 26.7. The van der Waals surface area contributed by atoms with Crippen LogP contribution >= 0.6 is 23.2 Å². The lowest BCUT2D eigenvalue weighted by molar-refractivity contribution is -0.135. The number of anilines is 2. The molecule has 2 aromatic carbocycles. The SMILES string of the molecule is COc1cc2ncnc(Nc3ccc(Cl)c(Cl)c3F)c2cc1OC1CCN(C(=O)COS(C)(=O)=O)CC1. The molecule has 14 heteroatoms. The van der Waals surface area contributed by atoms with E-state index in [9.17, 15) is 17.6 Å². The molecule has 1 aromatic heterocycles. The van der Waals surface area contributed by atoms with Gasteiger partial charge in [0.05, 0.1) is 34.6 Å². The number of aromatic nitrogens is 2. The van der Waals surface area contributed by atoms with Gasteiger partial charge in [-0.2, -0.15) is 8.42 Å². The second kappa shape index (κ2) is 11.2. The number of amides is 1. The highest BCUT2D eigenvalue weighted by Crippen LogP contribution is 2.37. The molecule has 0 aliphatic carbocycles. The number of fused-ring (bicyclic) bond motifs is 1. The zero-order valence-electron chi connectivity index (χ0n) is 19.8. The third-order valence-electron chi connectivity index (χ3n) is 5.69. The van der Waals surface area contributed by atoms with E-state index < -0.39 is 28.4 Å². The number of carbonyl (C=O) groups excluding carboxylic acids is 1. The summed E-state index contributed by atoms with van der Waals surface area (Å²) in [6, 6.07) is 6.31. The monoisotopic (exact) mass is 572 g/mol. The van der Waals surface area contributed by atoms with E-state index in [0.717, 1.165) is 6.26 Å². The number of hydrogen-bond donors (Lipinski definition) is 1. The number of nitrogens with zero attached hydrogens (tertiary/aromatic N) is 3. The highest BCUT2D eigenvalue weighted by molar-refractivity contribution is 7.86. The molecule has 37 heavy (non-hydrogen) atoms. The standard InChI is InChI=1S/C23H23Cl2FN4O6S/c1-34-18-10-17-14(23(28-12-27-17)29-16-4-3-15(24)21(25)22(16)26)9-19(18)36-13-5-7-30(8-6-13)20(31)11-35-37(2,32)33/h3-4,9-10,12-13H,5-8,11H2,1-2H3,(H,27,28,29). The number of hydrogen-bond acceptors (Lipinski definition) is 9. The Morgan fingerprint density at radius 2 is 1.92 bits per heavy atom. The fraction of sp³-hybridized carbons (Fsp3) is 0.348. The van der Waals surface area contributed by atoms with Gasteiger partial charge in [0.15, 0.2) is 17.3 Å². The molecule has 1 N–H and O–H groups in total. The average molecular weight is 573 g/mol. The number of ether oxygens (including phenoxy) is 2. The van der Waals surface area contributed by atoms with E-state index in [1.54, 1.807) is 12.1 Å². The van der Waals surface area contributed by atoms with E-state index >= 15 is 0 Å². The highest BCUT2D eigenvalue weighted by Gasteiger charge is 2.26. The molecule has 1 amide bonds. The number of methoxy groups -OCH3 is 1. The van der Waals surface area contributed by atoms with E-state index in [-0.39, 0.29) is 21.8 Å². The summed E-state index contributed by atoms with van der Waals surface area (Å²) in [7, 11) is -2.20. The summed E-state index contributed by atoms with van der Waals surface area (Å²) in [5, 5.41) is 3.36. The van der Waals surface area contributed by atoms with Gasteiger partial charge in [-0.25, -0.2) is 14.4 Å². The van der Waals surface area contributed by atoms with Crippen molar-refractivity contribution in [3.63, 3.8) is 0 Å².